The molecule has 0 unspecified atom stereocenters. The summed E-state index contributed by atoms with van der Waals surface area (Å²) in [6.45, 7) is 3.84. The van der Waals surface area contributed by atoms with Crippen LogP contribution < -0.4 is 15.0 Å². The van der Waals surface area contributed by atoms with Crippen LogP contribution in [0.4, 0.5) is 16.5 Å². The second-order valence-corrected chi connectivity index (χ2v) is 8.68. The normalized spacial score (nSPS) is 14.2. The Balaban J connectivity index is 1.61. The summed E-state index contributed by atoms with van der Waals surface area (Å²) in [4.78, 5) is 30.7. The predicted molar refractivity (Wildman–Crippen MR) is 126 cm³/mol. The summed E-state index contributed by atoms with van der Waals surface area (Å²) in [6, 6.07) is 12.0. The monoisotopic (exact) mass is 452 g/mol. The summed E-state index contributed by atoms with van der Waals surface area (Å²) in [5, 5.41) is 16.4. The van der Waals surface area contributed by atoms with Gasteiger partial charge in [-0.1, -0.05) is 19.1 Å². The number of para-hydroxylation sites is 1. The fourth-order valence-corrected chi connectivity index (χ4v) is 4.53. The molecule has 0 saturated carbocycles. The molecule has 0 spiro atoms. The molecule has 166 valence electrons. The van der Waals surface area contributed by atoms with Gasteiger partial charge >= 0.3 is 0 Å². The molecule has 0 bridgehead atoms. The van der Waals surface area contributed by atoms with Gasteiger partial charge in [0.15, 0.2) is 5.13 Å². The van der Waals surface area contributed by atoms with E-state index in [-0.39, 0.29) is 11.3 Å². The lowest BCUT2D eigenvalue weighted by Gasteiger charge is -2.33. The number of nitro groups is 1. The summed E-state index contributed by atoms with van der Waals surface area (Å²) in [6.07, 6.45) is 2.04. The molecule has 32 heavy (non-hydrogen) atoms. The van der Waals surface area contributed by atoms with Crippen molar-refractivity contribution in [2.45, 2.75) is 19.8 Å². The van der Waals surface area contributed by atoms with E-state index >= 15 is 0 Å². The number of nitrogens with zero attached hydrogens (tertiary/aromatic N) is 3. The molecule has 2 aromatic carbocycles. The highest BCUT2D eigenvalue weighted by atomic mass is 32.1. The summed E-state index contributed by atoms with van der Waals surface area (Å²) in [5.41, 5.74) is 2.39. The highest BCUT2D eigenvalue weighted by Crippen LogP contribution is 2.33. The lowest BCUT2D eigenvalue weighted by Crippen LogP contribution is -2.34. The van der Waals surface area contributed by atoms with Gasteiger partial charge in [-0.3, -0.25) is 20.2 Å². The molecular formula is C23H24N4O4S. The molecule has 1 saturated heterocycles. The summed E-state index contributed by atoms with van der Waals surface area (Å²) < 4.78 is 5.39. The van der Waals surface area contributed by atoms with Crippen molar-refractivity contribution in [2.75, 3.05) is 30.4 Å². The summed E-state index contributed by atoms with van der Waals surface area (Å²) >= 11 is 1.29. The van der Waals surface area contributed by atoms with Crippen LogP contribution in [0.3, 0.4) is 0 Å². The maximum atomic E-state index is 13.2. The Morgan fingerprint density at radius 1 is 1.25 bits per heavy atom. The minimum absolute atomic E-state index is 0.113. The number of hydrogen-bond donors (Lipinski definition) is 1. The lowest BCUT2D eigenvalue weighted by molar-refractivity contribution is -0.384. The highest BCUT2D eigenvalue weighted by molar-refractivity contribution is 7.14. The molecule has 1 aliphatic rings. The number of benzene rings is 2. The standard InChI is InChI=1S/C23H24N4O4S/c1-15-9-11-26(12-10-15)20-8-7-16(27(29)30)13-18(20)22(28)25-23-24-19(14-32-23)17-5-3-4-6-21(17)31-2/h3-8,13-15H,9-12H2,1-2H3,(H,24,25,28). The van der Waals surface area contributed by atoms with E-state index < -0.39 is 10.8 Å². The first kappa shape index (κ1) is 21.8. The summed E-state index contributed by atoms with van der Waals surface area (Å²) in [7, 11) is 1.60. The molecule has 1 amide bonds. The topological polar surface area (TPSA) is 97.6 Å². The van der Waals surface area contributed by atoms with Crippen LogP contribution in [-0.4, -0.2) is 36.0 Å². The third-order valence-corrected chi connectivity index (χ3v) is 6.43. The predicted octanol–water partition coefficient (Wildman–Crippen LogP) is 5.22. The first-order chi connectivity index (χ1) is 15.5. The Bertz CT molecular complexity index is 1140. The highest BCUT2D eigenvalue weighted by Gasteiger charge is 2.24. The average Bonchev–Trinajstić information content (AvgIpc) is 3.27. The zero-order valence-electron chi connectivity index (χ0n) is 17.9. The number of methoxy groups -OCH3 is 1. The second kappa shape index (κ2) is 9.35. The number of ether oxygens (including phenoxy) is 1. The van der Waals surface area contributed by atoms with Gasteiger partial charge in [0.2, 0.25) is 0 Å². The number of carbonyl (C=O) groups excluding carboxylic acids is 1. The molecule has 2 heterocycles. The van der Waals surface area contributed by atoms with Gasteiger partial charge < -0.3 is 9.64 Å². The number of non-ortho nitro benzene ring substituents is 1. The molecule has 0 radical (unpaired) electrons. The number of nitrogens with one attached hydrogen (secondary N) is 1. The van der Waals surface area contributed by atoms with Crippen LogP contribution in [0.25, 0.3) is 11.3 Å². The Morgan fingerprint density at radius 3 is 2.72 bits per heavy atom. The summed E-state index contributed by atoms with van der Waals surface area (Å²) in [5.74, 6) is 0.907. The smallest absolute Gasteiger partial charge is 0.270 e. The van der Waals surface area contributed by atoms with Crippen molar-refractivity contribution in [1.29, 1.82) is 0 Å². The van der Waals surface area contributed by atoms with Gasteiger partial charge in [0.25, 0.3) is 11.6 Å². The number of piperidine rings is 1. The second-order valence-electron chi connectivity index (χ2n) is 7.82. The fourth-order valence-electron chi connectivity index (χ4n) is 3.82. The van der Waals surface area contributed by atoms with Crippen LogP contribution in [0.15, 0.2) is 47.8 Å². The largest absolute Gasteiger partial charge is 0.496 e. The van der Waals surface area contributed by atoms with Crippen molar-refractivity contribution in [2.24, 2.45) is 5.92 Å². The SMILES string of the molecule is COc1ccccc1-c1csc(NC(=O)c2cc([N+](=O)[O-])ccc2N2CCC(C)CC2)n1. The minimum atomic E-state index is -0.484. The number of rotatable bonds is 6. The van der Waals surface area contributed by atoms with E-state index in [0.29, 0.717) is 28.2 Å². The minimum Gasteiger partial charge on any atom is -0.496 e. The number of thiazole rings is 1. The van der Waals surface area contributed by atoms with E-state index in [1.807, 2.05) is 29.6 Å². The molecule has 1 aromatic heterocycles. The quantitative estimate of drug-likeness (QED) is 0.407. The van der Waals surface area contributed by atoms with E-state index in [2.05, 4.69) is 22.1 Å². The van der Waals surface area contributed by atoms with Gasteiger partial charge in [0.1, 0.15) is 5.75 Å². The van der Waals surface area contributed by atoms with Gasteiger partial charge in [-0.15, -0.1) is 11.3 Å². The Hall–Kier alpha value is -3.46. The van der Waals surface area contributed by atoms with Crippen LogP contribution in [0.1, 0.15) is 30.1 Å². The lowest BCUT2D eigenvalue weighted by atomic mass is 9.98. The van der Waals surface area contributed by atoms with Crippen molar-refractivity contribution >= 4 is 33.8 Å². The third-order valence-electron chi connectivity index (χ3n) is 5.67. The molecule has 1 aliphatic heterocycles. The molecule has 1 N–H and O–H groups in total. The third kappa shape index (κ3) is 4.57. The van der Waals surface area contributed by atoms with E-state index in [1.54, 1.807) is 13.2 Å². The Kier molecular flexibility index (Phi) is 6.36. The number of hydrogen-bond acceptors (Lipinski definition) is 7. The van der Waals surface area contributed by atoms with E-state index in [9.17, 15) is 14.9 Å². The fraction of sp³-hybridized carbons (Fsp3) is 0.304. The van der Waals surface area contributed by atoms with Crippen molar-refractivity contribution in [1.82, 2.24) is 4.98 Å². The molecule has 1 fully saturated rings. The van der Waals surface area contributed by atoms with Crippen molar-refractivity contribution in [3.8, 4) is 17.0 Å². The van der Waals surface area contributed by atoms with E-state index in [1.165, 1.54) is 23.5 Å². The zero-order chi connectivity index (χ0) is 22.7. The Morgan fingerprint density at radius 2 is 2.00 bits per heavy atom. The molecule has 9 heteroatoms. The van der Waals surface area contributed by atoms with Crippen molar-refractivity contribution < 1.29 is 14.5 Å². The first-order valence-electron chi connectivity index (χ1n) is 10.4. The van der Waals surface area contributed by atoms with Crippen LogP contribution in [0.2, 0.25) is 0 Å². The maximum absolute atomic E-state index is 13.2. The Labute approximate surface area is 190 Å². The molecule has 4 rings (SSSR count). The number of aromatic nitrogens is 1. The first-order valence-corrected chi connectivity index (χ1v) is 11.3. The van der Waals surface area contributed by atoms with Gasteiger partial charge in [-0.2, -0.15) is 0 Å². The number of carbonyl (C=O) groups is 1. The van der Waals surface area contributed by atoms with Gasteiger partial charge in [-0.25, -0.2) is 4.98 Å². The van der Waals surface area contributed by atoms with Crippen LogP contribution >= 0.6 is 11.3 Å². The van der Waals surface area contributed by atoms with Gasteiger partial charge in [0.05, 0.1) is 29.0 Å². The number of anilines is 2. The average molecular weight is 453 g/mol. The zero-order valence-corrected chi connectivity index (χ0v) is 18.7. The molecule has 0 atom stereocenters. The van der Waals surface area contributed by atoms with Crippen molar-refractivity contribution in [3.63, 3.8) is 0 Å². The molecule has 0 aliphatic carbocycles. The van der Waals surface area contributed by atoms with E-state index in [4.69, 9.17) is 4.74 Å². The van der Waals surface area contributed by atoms with Crippen molar-refractivity contribution in [3.05, 3.63) is 63.5 Å². The maximum Gasteiger partial charge on any atom is 0.270 e. The van der Waals surface area contributed by atoms with Gasteiger partial charge in [0, 0.05) is 36.2 Å². The van der Waals surface area contributed by atoms with Gasteiger partial charge in [-0.05, 0) is 37.0 Å². The van der Waals surface area contributed by atoms with Crippen LogP contribution in [-0.2, 0) is 0 Å². The number of nitro benzene ring substituents is 1. The van der Waals surface area contributed by atoms with Crippen LogP contribution in [0, 0.1) is 16.0 Å². The molecule has 8 nitrogen and oxygen atoms in total. The number of amides is 1. The molecular weight excluding hydrogens is 428 g/mol. The molecule has 3 aromatic rings. The van der Waals surface area contributed by atoms with Crippen LogP contribution in [0.5, 0.6) is 5.75 Å². The van der Waals surface area contributed by atoms with E-state index in [0.717, 1.165) is 31.5 Å².